The molecule has 1 heterocycles. The Morgan fingerprint density at radius 1 is 0.962 bits per heavy atom. The van der Waals surface area contributed by atoms with E-state index in [9.17, 15) is 4.79 Å². The summed E-state index contributed by atoms with van der Waals surface area (Å²) in [6, 6.07) is 17.8. The minimum atomic E-state index is -0.192. The summed E-state index contributed by atoms with van der Waals surface area (Å²) in [6.45, 7) is 4.75. The van der Waals surface area contributed by atoms with Crippen molar-refractivity contribution in [3.63, 3.8) is 0 Å². The molecular weight excluding hydrogens is 324 g/mol. The van der Waals surface area contributed by atoms with Crippen LogP contribution in [0.5, 0.6) is 0 Å². The van der Waals surface area contributed by atoms with E-state index < -0.39 is 0 Å². The first-order valence-electron chi connectivity index (χ1n) is 8.63. The predicted octanol–water partition coefficient (Wildman–Crippen LogP) is 4.27. The zero-order valence-corrected chi connectivity index (χ0v) is 14.9. The molecule has 0 aliphatic carbocycles. The highest BCUT2D eigenvalue weighted by molar-refractivity contribution is 5.93. The van der Waals surface area contributed by atoms with E-state index in [1.165, 1.54) is 18.0 Å². The second-order valence-electron chi connectivity index (χ2n) is 6.33. The van der Waals surface area contributed by atoms with Gasteiger partial charge in [-0.25, -0.2) is 9.97 Å². The molecule has 0 saturated carbocycles. The van der Waals surface area contributed by atoms with Gasteiger partial charge in [0.1, 0.15) is 0 Å². The number of carbonyl (C=O) groups is 1. The molecule has 0 spiro atoms. The Balaban J connectivity index is 1.64. The molecule has 5 heteroatoms. The standard InChI is InChI=1S/C21H22N4O/c1-15(2)18-10-6-7-11-19(18)25-21-23-13-17(14-24-21)20(26)22-12-16-8-4-3-5-9-16/h3-11,13-15H,12H2,1-2H3,(H,22,26)(H,23,24,25). The lowest BCUT2D eigenvalue weighted by molar-refractivity contribution is 0.0950. The average Bonchev–Trinajstić information content (AvgIpc) is 2.68. The molecular formula is C21H22N4O. The molecule has 0 unspecified atom stereocenters. The number of benzene rings is 2. The number of carbonyl (C=O) groups excluding carboxylic acids is 1. The second kappa shape index (κ2) is 8.25. The molecule has 1 aromatic heterocycles. The van der Waals surface area contributed by atoms with Crippen LogP contribution in [-0.4, -0.2) is 15.9 Å². The van der Waals surface area contributed by atoms with E-state index in [2.05, 4.69) is 40.5 Å². The predicted molar refractivity (Wildman–Crippen MR) is 103 cm³/mol. The van der Waals surface area contributed by atoms with Crippen LogP contribution in [-0.2, 0) is 6.54 Å². The van der Waals surface area contributed by atoms with Gasteiger partial charge in [-0.05, 0) is 23.1 Å². The largest absolute Gasteiger partial charge is 0.348 e. The van der Waals surface area contributed by atoms with Crippen molar-refractivity contribution in [1.82, 2.24) is 15.3 Å². The fourth-order valence-electron chi connectivity index (χ4n) is 2.62. The second-order valence-corrected chi connectivity index (χ2v) is 6.33. The Kier molecular flexibility index (Phi) is 5.59. The molecule has 5 nitrogen and oxygen atoms in total. The van der Waals surface area contributed by atoms with E-state index in [-0.39, 0.29) is 5.91 Å². The van der Waals surface area contributed by atoms with Gasteiger partial charge >= 0.3 is 0 Å². The van der Waals surface area contributed by atoms with Gasteiger partial charge in [-0.1, -0.05) is 62.4 Å². The third-order valence-electron chi connectivity index (χ3n) is 4.04. The summed E-state index contributed by atoms with van der Waals surface area (Å²) in [5, 5.41) is 6.09. The van der Waals surface area contributed by atoms with E-state index in [0.29, 0.717) is 24.0 Å². The number of para-hydroxylation sites is 1. The number of hydrogen-bond donors (Lipinski definition) is 2. The summed E-state index contributed by atoms with van der Waals surface area (Å²) in [6.07, 6.45) is 3.07. The molecule has 3 rings (SSSR count). The molecule has 0 aliphatic rings. The van der Waals surface area contributed by atoms with Crippen molar-refractivity contribution >= 4 is 17.5 Å². The van der Waals surface area contributed by atoms with Crippen LogP contribution in [0.25, 0.3) is 0 Å². The Morgan fingerprint density at radius 3 is 2.31 bits per heavy atom. The number of nitrogens with one attached hydrogen (secondary N) is 2. The lowest BCUT2D eigenvalue weighted by atomic mass is 10.0. The molecule has 0 atom stereocenters. The van der Waals surface area contributed by atoms with Crippen molar-refractivity contribution in [2.75, 3.05) is 5.32 Å². The Bertz CT molecular complexity index is 861. The van der Waals surface area contributed by atoms with E-state index in [0.717, 1.165) is 11.3 Å². The smallest absolute Gasteiger partial charge is 0.254 e. The number of nitrogens with zero attached hydrogens (tertiary/aromatic N) is 2. The van der Waals surface area contributed by atoms with Crippen LogP contribution in [0.2, 0.25) is 0 Å². The van der Waals surface area contributed by atoms with Gasteiger partial charge in [-0.15, -0.1) is 0 Å². The van der Waals surface area contributed by atoms with E-state index in [1.54, 1.807) is 0 Å². The van der Waals surface area contributed by atoms with E-state index in [4.69, 9.17) is 0 Å². The third kappa shape index (κ3) is 4.45. The highest BCUT2D eigenvalue weighted by Crippen LogP contribution is 2.25. The number of aromatic nitrogens is 2. The number of hydrogen-bond acceptors (Lipinski definition) is 4. The first-order chi connectivity index (χ1) is 12.6. The lowest BCUT2D eigenvalue weighted by Crippen LogP contribution is -2.23. The normalized spacial score (nSPS) is 10.6. The van der Waals surface area contributed by atoms with Crippen LogP contribution in [0.4, 0.5) is 11.6 Å². The summed E-state index contributed by atoms with van der Waals surface area (Å²) in [5.41, 5.74) is 3.65. The summed E-state index contributed by atoms with van der Waals surface area (Å²) >= 11 is 0. The molecule has 0 fully saturated rings. The van der Waals surface area contributed by atoms with E-state index >= 15 is 0 Å². The van der Waals surface area contributed by atoms with Crippen LogP contribution in [0, 0.1) is 0 Å². The average molecular weight is 346 g/mol. The molecule has 3 aromatic rings. The molecule has 2 aromatic carbocycles. The summed E-state index contributed by atoms with van der Waals surface area (Å²) in [5.74, 6) is 0.669. The van der Waals surface area contributed by atoms with Crippen LogP contribution in [0.15, 0.2) is 67.0 Å². The van der Waals surface area contributed by atoms with Gasteiger partial charge in [0.25, 0.3) is 5.91 Å². The number of anilines is 2. The molecule has 2 N–H and O–H groups in total. The topological polar surface area (TPSA) is 66.9 Å². The van der Waals surface area contributed by atoms with Gasteiger partial charge < -0.3 is 10.6 Å². The molecule has 26 heavy (non-hydrogen) atoms. The van der Waals surface area contributed by atoms with Gasteiger partial charge in [-0.3, -0.25) is 4.79 Å². The number of amides is 1. The van der Waals surface area contributed by atoms with Crippen LogP contribution in [0.3, 0.4) is 0 Å². The Labute approximate surface area is 153 Å². The SMILES string of the molecule is CC(C)c1ccccc1Nc1ncc(C(=O)NCc2ccccc2)cn1. The fraction of sp³-hybridized carbons (Fsp3) is 0.190. The molecule has 0 radical (unpaired) electrons. The highest BCUT2D eigenvalue weighted by Gasteiger charge is 2.09. The van der Waals surface area contributed by atoms with Gasteiger partial charge in [0.2, 0.25) is 5.95 Å². The first kappa shape index (κ1) is 17.6. The Hall–Kier alpha value is -3.21. The van der Waals surface area contributed by atoms with E-state index in [1.807, 2.05) is 48.5 Å². The molecule has 0 bridgehead atoms. The van der Waals surface area contributed by atoms with Crippen molar-refractivity contribution in [3.8, 4) is 0 Å². The van der Waals surface area contributed by atoms with Crippen molar-refractivity contribution < 1.29 is 4.79 Å². The molecule has 1 amide bonds. The maximum absolute atomic E-state index is 12.2. The molecule has 0 saturated heterocycles. The zero-order chi connectivity index (χ0) is 18.4. The van der Waals surface area contributed by atoms with Gasteiger partial charge in [0, 0.05) is 24.6 Å². The maximum atomic E-state index is 12.2. The van der Waals surface area contributed by atoms with Crippen molar-refractivity contribution in [2.24, 2.45) is 0 Å². The van der Waals surface area contributed by atoms with Gasteiger partial charge in [0.05, 0.1) is 5.56 Å². The lowest BCUT2D eigenvalue weighted by Gasteiger charge is -2.13. The minimum Gasteiger partial charge on any atom is -0.348 e. The van der Waals surface area contributed by atoms with Gasteiger partial charge in [0.15, 0.2) is 0 Å². The Morgan fingerprint density at radius 2 is 1.62 bits per heavy atom. The fourth-order valence-corrected chi connectivity index (χ4v) is 2.62. The van der Waals surface area contributed by atoms with Crippen LogP contribution in [0.1, 0.15) is 41.3 Å². The molecule has 0 aliphatic heterocycles. The zero-order valence-electron chi connectivity index (χ0n) is 14.9. The maximum Gasteiger partial charge on any atom is 0.254 e. The van der Waals surface area contributed by atoms with Crippen LogP contribution < -0.4 is 10.6 Å². The van der Waals surface area contributed by atoms with Crippen molar-refractivity contribution in [1.29, 1.82) is 0 Å². The molecule has 132 valence electrons. The summed E-state index contributed by atoms with van der Waals surface area (Å²) in [4.78, 5) is 20.8. The monoisotopic (exact) mass is 346 g/mol. The quantitative estimate of drug-likeness (QED) is 0.699. The first-order valence-corrected chi connectivity index (χ1v) is 8.63. The van der Waals surface area contributed by atoms with Crippen molar-refractivity contribution in [3.05, 3.63) is 83.7 Å². The number of rotatable bonds is 6. The minimum absolute atomic E-state index is 0.192. The van der Waals surface area contributed by atoms with Crippen LogP contribution >= 0.6 is 0 Å². The third-order valence-corrected chi connectivity index (χ3v) is 4.04. The summed E-state index contributed by atoms with van der Waals surface area (Å²) in [7, 11) is 0. The van der Waals surface area contributed by atoms with Gasteiger partial charge in [-0.2, -0.15) is 0 Å². The van der Waals surface area contributed by atoms with Crippen molar-refractivity contribution in [2.45, 2.75) is 26.3 Å². The highest BCUT2D eigenvalue weighted by atomic mass is 16.1. The summed E-state index contributed by atoms with van der Waals surface area (Å²) < 4.78 is 0.